The van der Waals surface area contributed by atoms with E-state index in [1.54, 1.807) is 11.8 Å². The maximum absolute atomic E-state index is 11.8. The van der Waals surface area contributed by atoms with E-state index in [0.717, 1.165) is 29.3 Å². The van der Waals surface area contributed by atoms with Crippen LogP contribution in [0.25, 0.3) is 11.4 Å². The number of carbonyl (C=O) groups excluding carboxylic acids is 1. The number of benzene rings is 1. The maximum atomic E-state index is 11.8. The molecule has 0 bridgehead atoms. The third kappa shape index (κ3) is 5.49. The highest BCUT2D eigenvalue weighted by atomic mass is 32.2. The van der Waals surface area contributed by atoms with Crippen molar-refractivity contribution in [2.75, 3.05) is 42.8 Å². The first kappa shape index (κ1) is 23.3. The average Bonchev–Trinajstić information content (AvgIpc) is 2.73. The number of ether oxygens (including phenoxy) is 1. The Labute approximate surface area is 189 Å². The second-order valence-electron chi connectivity index (χ2n) is 8.73. The first-order chi connectivity index (χ1) is 14.7. The van der Waals surface area contributed by atoms with Gasteiger partial charge in [-0.3, -0.25) is 0 Å². The number of amides is 2. The maximum Gasteiger partial charge on any atom is 0.319 e. The van der Waals surface area contributed by atoms with E-state index in [-0.39, 0.29) is 16.3 Å². The molecule has 3 rings (SSSR count). The summed E-state index contributed by atoms with van der Waals surface area (Å²) in [5.41, 5.74) is 2.48. The van der Waals surface area contributed by atoms with Gasteiger partial charge in [0.15, 0.2) is 5.82 Å². The molecule has 0 unspecified atom stereocenters. The quantitative estimate of drug-likeness (QED) is 0.684. The van der Waals surface area contributed by atoms with Crippen molar-refractivity contribution in [2.24, 2.45) is 0 Å². The van der Waals surface area contributed by atoms with Crippen molar-refractivity contribution in [1.29, 1.82) is 0 Å². The van der Waals surface area contributed by atoms with Gasteiger partial charge in [0, 0.05) is 30.4 Å². The van der Waals surface area contributed by atoms with Crippen molar-refractivity contribution in [1.82, 2.24) is 15.3 Å². The largest absolute Gasteiger partial charge is 0.377 e. The molecule has 2 N–H and O–H groups in total. The number of carbonyl (C=O) groups is 1. The number of nitrogens with zero attached hydrogens (tertiary/aromatic N) is 3. The van der Waals surface area contributed by atoms with Gasteiger partial charge in [0.25, 0.3) is 0 Å². The van der Waals surface area contributed by atoms with E-state index in [1.807, 2.05) is 31.2 Å². The highest BCUT2D eigenvalue weighted by Crippen LogP contribution is 2.36. The number of thioether (sulfide) groups is 1. The number of anilines is 2. The molecule has 2 amide bonds. The van der Waals surface area contributed by atoms with Crippen LogP contribution in [0.4, 0.5) is 16.3 Å². The van der Waals surface area contributed by atoms with E-state index >= 15 is 0 Å². The number of rotatable bonds is 6. The lowest BCUT2D eigenvalue weighted by molar-refractivity contribution is 0.0639. The van der Waals surface area contributed by atoms with Crippen LogP contribution in [0.5, 0.6) is 0 Å². The zero-order valence-electron chi connectivity index (χ0n) is 19.3. The van der Waals surface area contributed by atoms with Crippen molar-refractivity contribution in [3.63, 3.8) is 0 Å². The van der Waals surface area contributed by atoms with Gasteiger partial charge in [-0.1, -0.05) is 0 Å². The summed E-state index contributed by atoms with van der Waals surface area (Å²) in [7, 11) is 0. The average molecular weight is 444 g/mol. The molecule has 1 aromatic carbocycles. The molecular formula is C23H33N5O2S. The van der Waals surface area contributed by atoms with Gasteiger partial charge in [-0.2, -0.15) is 11.8 Å². The highest BCUT2D eigenvalue weighted by molar-refractivity contribution is 7.99. The van der Waals surface area contributed by atoms with Crippen LogP contribution >= 0.6 is 11.8 Å². The molecule has 2 aromatic rings. The van der Waals surface area contributed by atoms with Gasteiger partial charge in [-0.05, 0) is 65.1 Å². The summed E-state index contributed by atoms with van der Waals surface area (Å²) in [5.74, 6) is 1.60. The third-order valence-electron chi connectivity index (χ3n) is 5.50. The Kier molecular flexibility index (Phi) is 7.11. The zero-order chi connectivity index (χ0) is 22.6. The van der Waals surface area contributed by atoms with E-state index in [4.69, 9.17) is 14.7 Å². The van der Waals surface area contributed by atoms with E-state index in [1.165, 1.54) is 0 Å². The molecule has 7 nitrogen and oxygen atoms in total. The fourth-order valence-corrected chi connectivity index (χ4v) is 3.75. The monoisotopic (exact) mass is 443 g/mol. The van der Waals surface area contributed by atoms with Gasteiger partial charge in [-0.15, -0.1) is 0 Å². The molecule has 1 aromatic heterocycles. The van der Waals surface area contributed by atoms with Crippen LogP contribution in [-0.2, 0) is 9.48 Å². The number of morpholine rings is 1. The number of urea groups is 1. The molecule has 0 aliphatic carbocycles. The minimum atomic E-state index is -0.216. The van der Waals surface area contributed by atoms with E-state index in [2.05, 4.69) is 55.6 Å². The first-order valence-corrected chi connectivity index (χ1v) is 11.8. The molecule has 0 radical (unpaired) electrons. The molecule has 168 valence electrons. The topological polar surface area (TPSA) is 79.4 Å². The summed E-state index contributed by atoms with van der Waals surface area (Å²) in [6.45, 7) is 13.3. The highest BCUT2D eigenvalue weighted by Gasteiger charge is 2.33. The second-order valence-corrected chi connectivity index (χ2v) is 10.2. The number of hydrogen-bond acceptors (Lipinski definition) is 6. The lowest BCUT2D eigenvalue weighted by Gasteiger charge is -2.43. The summed E-state index contributed by atoms with van der Waals surface area (Å²) < 4.78 is 5.55. The van der Waals surface area contributed by atoms with Gasteiger partial charge in [0.1, 0.15) is 5.82 Å². The summed E-state index contributed by atoms with van der Waals surface area (Å²) in [6, 6.07) is 9.53. The molecule has 0 spiro atoms. The lowest BCUT2D eigenvalue weighted by atomic mass is 10.0. The standard InChI is InChI=1S/C23H33N5O2S/c1-7-24-21(29)25-17-10-8-16(9-11-17)20-26-18(23(4,5)31-6)14-19(27-20)28-12-13-30-15-22(28,2)3/h8-11,14H,7,12-13,15H2,1-6H3,(H2,24,25,29). The summed E-state index contributed by atoms with van der Waals surface area (Å²) in [6.07, 6.45) is 2.10. The minimum absolute atomic E-state index is 0.148. The Bertz CT molecular complexity index is 915. The number of hydrogen-bond donors (Lipinski definition) is 2. The zero-order valence-corrected chi connectivity index (χ0v) is 20.1. The van der Waals surface area contributed by atoms with Crippen molar-refractivity contribution in [2.45, 2.75) is 44.9 Å². The van der Waals surface area contributed by atoms with Crippen molar-refractivity contribution in [3.8, 4) is 11.4 Å². The van der Waals surface area contributed by atoms with E-state index < -0.39 is 0 Å². The van der Waals surface area contributed by atoms with E-state index in [9.17, 15) is 4.79 Å². The van der Waals surface area contributed by atoms with Crippen LogP contribution in [0, 0.1) is 0 Å². The Morgan fingerprint density at radius 1 is 1.26 bits per heavy atom. The molecule has 31 heavy (non-hydrogen) atoms. The van der Waals surface area contributed by atoms with Crippen LogP contribution in [0.1, 0.15) is 40.3 Å². The molecule has 1 fully saturated rings. The first-order valence-electron chi connectivity index (χ1n) is 10.6. The molecule has 1 saturated heterocycles. The Balaban J connectivity index is 1.99. The third-order valence-corrected chi connectivity index (χ3v) is 6.73. The molecule has 1 aliphatic heterocycles. The van der Waals surface area contributed by atoms with Crippen LogP contribution in [0.2, 0.25) is 0 Å². The van der Waals surface area contributed by atoms with Crippen LogP contribution in [0.15, 0.2) is 30.3 Å². The predicted octanol–water partition coefficient (Wildman–Crippen LogP) is 4.50. The van der Waals surface area contributed by atoms with Crippen LogP contribution in [-0.4, -0.2) is 54.1 Å². The summed E-state index contributed by atoms with van der Waals surface area (Å²) >= 11 is 1.77. The predicted molar refractivity (Wildman–Crippen MR) is 129 cm³/mol. The SMILES string of the molecule is CCNC(=O)Nc1ccc(-c2nc(N3CCOCC3(C)C)cc(C(C)(C)SC)n2)cc1. The Hall–Kier alpha value is -2.32. The number of aromatic nitrogens is 2. The molecular weight excluding hydrogens is 410 g/mol. The van der Waals surface area contributed by atoms with Crippen LogP contribution < -0.4 is 15.5 Å². The normalized spacial score (nSPS) is 16.1. The Morgan fingerprint density at radius 2 is 1.97 bits per heavy atom. The van der Waals surface area contributed by atoms with Crippen LogP contribution in [0.3, 0.4) is 0 Å². The van der Waals surface area contributed by atoms with Gasteiger partial charge in [0.2, 0.25) is 0 Å². The van der Waals surface area contributed by atoms with Crippen molar-refractivity contribution in [3.05, 3.63) is 36.0 Å². The van der Waals surface area contributed by atoms with Gasteiger partial charge < -0.3 is 20.3 Å². The smallest absolute Gasteiger partial charge is 0.319 e. The fraction of sp³-hybridized carbons (Fsp3) is 0.522. The fourth-order valence-electron chi connectivity index (χ4n) is 3.44. The number of nitrogens with one attached hydrogen (secondary N) is 2. The molecule has 1 aliphatic rings. The molecule has 8 heteroatoms. The van der Waals surface area contributed by atoms with Gasteiger partial charge in [0.05, 0.1) is 29.2 Å². The van der Waals surface area contributed by atoms with Crippen molar-refractivity contribution < 1.29 is 9.53 Å². The molecule has 0 atom stereocenters. The van der Waals surface area contributed by atoms with E-state index in [0.29, 0.717) is 25.6 Å². The Morgan fingerprint density at radius 3 is 2.58 bits per heavy atom. The minimum Gasteiger partial charge on any atom is -0.377 e. The summed E-state index contributed by atoms with van der Waals surface area (Å²) in [4.78, 5) is 23.9. The van der Waals surface area contributed by atoms with Crippen molar-refractivity contribution >= 4 is 29.3 Å². The lowest BCUT2D eigenvalue weighted by Crippen LogP contribution is -2.53. The molecule has 2 heterocycles. The summed E-state index contributed by atoms with van der Waals surface area (Å²) in [5, 5.41) is 5.55. The molecule has 0 saturated carbocycles. The van der Waals surface area contributed by atoms with Gasteiger partial charge in [-0.25, -0.2) is 14.8 Å². The second kappa shape index (κ2) is 9.44. The van der Waals surface area contributed by atoms with Gasteiger partial charge >= 0.3 is 6.03 Å².